The second kappa shape index (κ2) is 5.44. The Morgan fingerprint density at radius 1 is 1.38 bits per heavy atom. The van der Waals surface area contributed by atoms with Crippen LogP contribution in [0.1, 0.15) is 13.8 Å². The number of alkyl halides is 3. The van der Waals surface area contributed by atoms with Crippen molar-refractivity contribution < 1.29 is 13.2 Å². The summed E-state index contributed by atoms with van der Waals surface area (Å²) in [6, 6.07) is -0.0865. The molecule has 2 nitrogen and oxygen atoms in total. The minimum atomic E-state index is -4.10. The van der Waals surface area contributed by atoms with Crippen LogP contribution in [0.2, 0.25) is 0 Å². The van der Waals surface area contributed by atoms with Gasteiger partial charge in [-0.1, -0.05) is 6.92 Å². The summed E-state index contributed by atoms with van der Waals surface area (Å²) in [5.41, 5.74) is 0. The van der Waals surface area contributed by atoms with Crippen LogP contribution in [-0.2, 0) is 0 Å². The minimum absolute atomic E-state index is 0.0865. The molecule has 0 bridgehead atoms. The summed E-state index contributed by atoms with van der Waals surface area (Å²) >= 11 is 0. The smallest absolute Gasteiger partial charge is 0.318 e. The second-order valence-corrected chi connectivity index (χ2v) is 3.08. The van der Waals surface area contributed by atoms with Gasteiger partial charge in [0.05, 0.1) is 6.54 Å². The molecule has 0 saturated carbocycles. The molecular formula is C8H17F3N2. The van der Waals surface area contributed by atoms with Gasteiger partial charge in [-0.2, -0.15) is 13.2 Å². The van der Waals surface area contributed by atoms with Gasteiger partial charge in [0.2, 0.25) is 0 Å². The van der Waals surface area contributed by atoms with Crippen molar-refractivity contribution in [2.24, 2.45) is 0 Å². The maximum atomic E-state index is 12.0. The summed E-state index contributed by atoms with van der Waals surface area (Å²) < 4.78 is 36.1. The molecule has 13 heavy (non-hydrogen) atoms. The van der Waals surface area contributed by atoms with Gasteiger partial charge in [0.25, 0.3) is 0 Å². The Hall–Kier alpha value is -0.290. The van der Waals surface area contributed by atoms with Gasteiger partial charge in [-0.3, -0.25) is 4.90 Å². The topological polar surface area (TPSA) is 15.3 Å². The van der Waals surface area contributed by atoms with Crippen molar-refractivity contribution in [1.29, 1.82) is 0 Å². The summed E-state index contributed by atoms with van der Waals surface area (Å²) in [5.74, 6) is 0. The highest BCUT2D eigenvalue weighted by atomic mass is 19.4. The van der Waals surface area contributed by atoms with Gasteiger partial charge in [-0.15, -0.1) is 0 Å². The molecule has 0 aromatic heterocycles. The zero-order valence-electron chi connectivity index (χ0n) is 8.28. The van der Waals surface area contributed by atoms with E-state index in [9.17, 15) is 13.2 Å². The third-order valence-electron chi connectivity index (χ3n) is 1.91. The quantitative estimate of drug-likeness (QED) is 0.719. The van der Waals surface area contributed by atoms with Gasteiger partial charge in [-0.25, -0.2) is 0 Å². The first kappa shape index (κ1) is 12.7. The van der Waals surface area contributed by atoms with E-state index in [1.54, 1.807) is 20.9 Å². The van der Waals surface area contributed by atoms with Crippen molar-refractivity contribution in [3.63, 3.8) is 0 Å². The first-order valence-electron chi connectivity index (χ1n) is 4.36. The third kappa shape index (κ3) is 5.87. The summed E-state index contributed by atoms with van der Waals surface area (Å²) in [6.07, 6.45) is -4.10. The molecule has 1 atom stereocenters. The predicted octanol–water partition coefficient (Wildman–Crippen LogP) is 1.48. The van der Waals surface area contributed by atoms with Gasteiger partial charge >= 0.3 is 6.18 Å². The van der Waals surface area contributed by atoms with Crippen LogP contribution >= 0.6 is 0 Å². The Morgan fingerprint density at radius 3 is 2.23 bits per heavy atom. The van der Waals surface area contributed by atoms with Crippen LogP contribution in [0.4, 0.5) is 13.2 Å². The number of hydrogen-bond donors (Lipinski definition) is 1. The second-order valence-electron chi connectivity index (χ2n) is 3.08. The standard InChI is InChI=1S/C8H17F3N2/c1-4-13(6-8(9,10)11)7(2)5-12-3/h7,12H,4-6H2,1-3H3. The largest absolute Gasteiger partial charge is 0.401 e. The Kier molecular flexibility index (Phi) is 5.32. The Labute approximate surface area is 77.1 Å². The summed E-state index contributed by atoms with van der Waals surface area (Å²) in [7, 11) is 1.73. The average molecular weight is 198 g/mol. The average Bonchev–Trinajstić information content (AvgIpc) is 1.99. The SMILES string of the molecule is CCN(CC(F)(F)F)C(C)CNC. The van der Waals surface area contributed by atoms with E-state index in [0.29, 0.717) is 13.1 Å². The van der Waals surface area contributed by atoms with Gasteiger partial charge in [0.15, 0.2) is 0 Å². The minimum Gasteiger partial charge on any atom is -0.318 e. The summed E-state index contributed by atoms with van der Waals surface area (Å²) in [6.45, 7) is 3.68. The molecule has 0 aliphatic rings. The number of likely N-dealkylation sites (N-methyl/N-ethyl adjacent to an activating group) is 2. The molecular weight excluding hydrogens is 181 g/mol. The maximum absolute atomic E-state index is 12.0. The molecule has 80 valence electrons. The third-order valence-corrected chi connectivity index (χ3v) is 1.91. The number of halogens is 3. The Balaban J connectivity index is 4.01. The van der Waals surface area contributed by atoms with Gasteiger partial charge < -0.3 is 5.32 Å². The van der Waals surface area contributed by atoms with Crippen LogP contribution in [0.5, 0.6) is 0 Å². The lowest BCUT2D eigenvalue weighted by atomic mass is 10.2. The van der Waals surface area contributed by atoms with E-state index in [1.807, 2.05) is 0 Å². The highest BCUT2D eigenvalue weighted by Crippen LogP contribution is 2.17. The van der Waals surface area contributed by atoms with Crippen molar-refractivity contribution >= 4 is 0 Å². The fourth-order valence-corrected chi connectivity index (χ4v) is 1.23. The van der Waals surface area contributed by atoms with Crippen molar-refractivity contribution in [1.82, 2.24) is 10.2 Å². The van der Waals surface area contributed by atoms with Crippen LogP contribution in [0.15, 0.2) is 0 Å². The van der Waals surface area contributed by atoms with Crippen LogP contribution < -0.4 is 5.32 Å². The molecule has 0 rings (SSSR count). The van der Waals surface area contributed by atoms with E-state index >= 15 is 0 Å². The molecule has 0 saturated heterocycles. The molecule has 0 radical (unpaired) electrons. The highest BCUT2D eigenvalue weighted by molar-refractivity contribution is 4.70. The van der Waals surface area contributed by atoms with Gasteiger partial charge in [-0.05, 0) is 20.5 Å². The van der Waals surface area contributed by atoms with E-state index in [1.165, 1.54) is 4.90 Å². The zero-order chi connectivity index (χ0) is 10.5. The van der Waals surface area contributed by atoms with Crippen LogP contribution in [-0.4, -0.2) is 43.8 Å². The molecule has 5 heteroatoms. The van der Waals surface area contributed by atoms with Crippen LogP contribution in [0.3, 0.4) is 0 Å². The van der Waals surface area contributed by atoms with Crippen LogP contribution in [0.25, 0.3) is 0 Å². The van der Waals surface area contributed by atoms with Crippen molar-refractivity contribution in [3.05, 3.63) is 0 Å². The first-order valence-corrected chi connectivity index (χ1v) is 4.36. The molecule has 0 amide bonds. The molecule has 0 aromatic rings. The van der Waals surface area contributed by atoms with E-state index in [4.69, 9.17) is 0 Å². The first-order chi connectivity index (χ1) is 5.90. The highest BCUT2D eigenvalue weighted by Gasteiger charge is 2.31. The summed E-state index contributed by atoms with van der Waals surface area (Å²) in [5, 5.41) is 2.86. The molecule has 0 aromatic carbocycles. The molecule has 1 unspecified atom stereocenters. The number of nitrogens with one attached hydrogen (secondary N) is 1. The molecule has 1 N–H and O–H groups in total. The van der Waals surface area contributed by atoms with E-state index in [-0.39, 0.29) is 6.04 Å². The molecule has 0 heterocycles. The lowest BCUT2D eigenvalue weighted by Gasteiger charge is -2.28. The fourth-order valence-electron chi connectivity index (χ4n) is 1.23. The molecule has 0 fully saturated rings. The molecule has 0 spiro atoms. The lowest BCUT2D eigenvalue weighted by molar-refractivity contribution is -0.149. The predicted molar refractivity (Wildman–Crippen MR) is 46.7 cm³/mol. The van der Waals surface area contributed by atoms with Crippen LogP contribution in [0, 0.1) is 0 Å². The molecule has 0 aliphatic carbocycles. The fraction of sp³-hybridized carbons (Fsp3) is 1.00. The maximum Gasteiger partial charge on any atom is 0.401 e. The number of rotatable bonds is 5. The monoisotopic (exact) mass is 198 g/mol. The van der Waals surface area contributed by atoms with Crippen molar-refractivity contribution in [2.75, 3.05) is 26.7 Å². The van der Waals surface area contributed by atoms with Gasteiger partial charge in [0.1, 0.15) is 0 Å². The molecule has 0 aliphatic heterocycles. The van der Waals surface area contributed by atoms with E-state index < -0.39 is 12.7 Å². The Morgan fingerprint density at radius 2 is 1.92 bits per heavy atom. The van der Waals surface area contributed by atoms with Crippen molar-refractivity contribution in [3.8, 4) is 0 Å². The number of hydrogen-bond acceptors (Lipinski definition) is 2. The lowest BCUT2D eigenvalue weighted by Crippen LogP contribution is -2.44. The van der Waals surface area contributed by atoms with Gasteiger partial charge in [0, 0.05) is 12.6 Å². The zero-order valence-corrected chi connectivity index (χ0v) is 8.28. The summed E-state index contributed by atoms with van der Waals surface area (Å²) in [4.78, 5) is 1.40. The van der Waals surface area contributed by atoms with E-state index in [2.05, 4.69) is 5.32 Å². The van der Waals surface area contributed by atoms with Crippen molar-refractivity contribution in [2.45, 2.75) is 26.1 Å². The number of nitrogens with zero attached hydrogens (tertiary/aromatic N) is 1. The van der Waals surface area contributed by atoms with E-state index in [0.717, 1.165) is 0 Å². The Bertz CT molecular complexity index is 136. The normalized spacial score (nSPS) is 15.0.